The van der Waals surface area contributed by atoms with E-state index >= 15 is 0 Å². The Morgan fingerprint density at radius 2 is 1.96 bits per heavy atom. The van der Waals surface area contributed by atoms with Crippen molar-refractivity contribution in [3.05, 3.63) is 29.8 Å². The number of ether oxygens (including phenoxy) is 1. The maximum absolute atomic E-state index is 12.6. The van der Waals surface area contributed by atoms with E-state index in [9.17, 15) is 9.59 Å². The van der Waals surface area contributed by atoms with Crippen LogP contribution in [0.15, 0.2) is 24.3 Å². The smallest absolute Gasteiger partial charge is 0.317 e. The molecule has 1 aromatic carbocycles. The summed E-state index contributed by atoms with van der Waals surface area (Å²) in [6.07, 6.45) is 2.65. The van der Waals surface area contributed by atoms with Crippen LogP contribution in [-0.2, 0) is 4.79 Å². The zero-order valence-electron chi connectivity index (χ0n) is 14.1. The van der Waals surface area contributed by atoms with E-state index in [1.54, 1.807) is 0 Å². The fourth-order valence-corrected chi connectivity index (χ4v) is 3.36. The van der Waals surface area contributed by atoms with E-state index in [2.05, 4.69) is 10.6 Å². The van der Waals surface area contributed by atoms with Crippen molar-refractivity contribution in [1.29, 1.82) is 0 Å². The van der Waals surface area contributed by atoms with Crippen LogP contribution in [0.1, 0.15) is 37.8 Å². The van der Waals surface area contributed by atoms with Gasteiger partial charge in [-0.05, 0) is 24.8 Å². The standard InChI is InChI=1S/C18H25N3O3/c1-13(22)19-12-14-6-9-21(10-7-14)18(23)20-16-8-11-24-17-5-3-2-4-15(16)17/h2-5,14,16H,6-12H2,1H3,(H,19,22)(H,20,23). The summed E-state index contributed by atoms with van der Waals surface area (Å²) >= 11 is 0. The fraction of sp³-hybridized carbons (Fsp3) is 0.556. The van der Waals surface area contributed by atoms with Gasteiger partial charge in [-0.3, -0.25) is 4.79 Å². The molecule has 1 aromatic rings. The number of urea groups is 1. The van der Waals surface area contributed by atoms with Gasteiger partial charge in [-0.15, -0.1) is 0 Å². The molecule has 2 N–H and O–H groups in total. The number of benzene rings is 1. The van der Waals surface area contributed by atoms with Crippen molar-refractivity contribution in [2.45, 2.75) is 32.2 Å². The van der Waals surface area contributed by atoms with Gasteiger partial charge in [0.25, 0.3) is 0 Å². The highest BCUT2D eigenvalue weighted by atomic mass is 16.5. The van der Waals surface area contributed by atoms with Gasteiger partial charge < -0.3 is 20.3 Å². The van der Waals surface area contributed by atoms with Gasteiger partial charge in [0, 0.05) is 38.5 Å². The zero-order valence-corrected chi connectivity index (χ0v) is 14.1. The Morgan fingerprint density at radius 1 is 1.21 bits per heavy atom. The van der Waals surface area contributed by atoms with Crippen LogP contribution in [0.4, 0.5) is 4.79 Å². The maximum atomic E-state index is 12.6. The Morgan fingerprint density at radius 3 is 2.71 bits per heavy atom. The Kier molecular flexibility index (Phi) is 5.23. The lowest BCUT2D eigenvalue weighted by Gasteiger charge is -2.34. The van der Waals surface area contributed by atoms with E-state index in [0.29, 0.717) is 19.1 Å². The Hall–Kier alpha value is -2.24. The molecule has 2 heterocycles. The Bertz CT molecular complexity index is 597. The second-order valence-corrected chi connectivity index (χ2v) is 6.54. The summed E-state index contributed by atoms with van der Waals surface area (Å²) in [5.41, 5.74) is 1.05. The summed E-state index contributed by atoms with van der Waals surface area (Å²) < 4.78 is 5.64. The molecule has 0 aromatic heterocycles. The first-order chi connectivity index (χ1) is 11.6. The summed E-state index contributed by atoms with van der Waals surface area (Å²) in [7, 11) is 0. The predicted octanol–water partition coefficient (Wildman–Crippen LogP) is 2.07. The highest BCUT2D eigenvalue weighted by Crippen LogP contribution is 2.31. The highest BCUT2D eigenvalue weighted by molar-refractivity contribution is 5.75. The van der Waals surface area contributed by atoms with Crippen molar-refractivity contribution in [1.82, 2.24) is 15.5 Å². The molecule has 1 fully saturated rings. The van der Waals surface area contributed by atoms with Crippen LogP contribution in [0.3, 0.4) is 0 Å². The fourth-order valence-electron chi connectivity index (χ4n) is 3.36. The third-order valence-corrected chi connectivity index (χ3v) is 4.80. The SMILES string of the molecule is CC(=O)NCC1CCN(C(=O)NC2CCOc3ccccc32)CC1. The molecule has 130 valence electrons. The lowest BCUT2D eigenvalue weighted by atomic mass is 9.97. The van der Waals surface area contributed by atoms with Gasteiger partial charge in [0.05, 0.1) is 12.6 Å². The van der Waals surface area contributed by atoms with Crippen LogP contribution in [-0.4, -0.2) is 43.1 Å². The largest absolute Gasteiger partial charge is 0.493 e. The van der Waals surface area contributed by atoms with Gasteiger partial charge in [0.2, 0.25) is 5.91 Å². The number of carbonyl (C=O) groups is 2. The van der Waals surface area contributed by atoms with Crippen molar-refractivity contribution in [2.24, 2.45) is 5.92 Å². The van der Waals surface area contributed by atoms with E-state index in [0.717, 1.165) is 43.7 Å². The molecule has 0 radical (unpaired) electrons. The van der Waals surface area contributed by atoms with E-state index in [1.807, 2.05) is 29.2 Å². The van der Waals surface area contributed by atoms with Crippen LogP contribution < -0.4 is 15.4 Å². The second-order valence-electron chi connectivity index (χ2n) is 6.54. The number of hydrogen-bond acceptors (Lipinski definition) is 3. The van der Waals surface area contributed by atoms with Crippen molar-refractivity contribution < 1.29 is 14.3 Å². The minimum absolute atomic E-state index is 0.00493. The quantitative estimate of drug-likeness (QED) is 0.891. The number of nitrogens with zero attached hydrogens (tertiary/aromatic N) is 1. The van der Waals surface area contributed by atoms with E-state index in [4.69, 9.17) is 4.74 Å². The molecule has 0 spiro atoms. The lowest BCUT2D eigenvalue weighted by molar-refractivity contribution is -0.119. The minimum Gasteiger partial charge on any atom is -0.493 e. The number of para-hydroxylation sites is 1. The molecule has 3 rings (SSSR count). The number of fused-ring (bicyclic) bond motifs is 1. The average Bonchev–Trinajstić information content (AvgIpc) is 2.60. The van der Waals surface area contributed by atoms with E-state index in [-0.39, 0.29) is 18.0 Å². The van der Waals surface area contributed by atoms with Crippen molar-refractivity contribution in [3.8, 4) is 5.75 Å². The molecule has 0 aliphatic carbocycles. The minimum atomic E-state index is -0.00493. The van der Waals surface area contributed by atoms with Gasteiger partial charge in [0.15, 0.2) is 0 Å². The van der Waals surface area contributed by atoms with E-state index < -0.39 is 0 Å². The third-order valence-electron chi connectivity index (χ3n) is 4.80. The lowest BCUT2D eigenvalue weighted by Crippen LogP contribution is -2.47. The second kappa shape index (κ2) is 7.55. The molecule has 1 saturated heterocycles. The van der Waals surface area contributed by atoms with Crippen molar-refractivity contribution in [3.63, 3.8) is 0 Å². The van der Waals surface area contributed by atoms with Gasteiger partial charge in [-0.1, -0.05) is 18.2 Å². The van der Waals surface area contributed by atoms with Crippen molar-refractivity contribution in [2.75, 3.05) is 26.2 Å². The van der Waals surface area contributed by atoms with Crippen LogP contribution in [0, 0.1) is 5.92 Å². The third kappa shape index (κ3) is 3.99. The molecule has 1 atom stereocenters. The van der Waals surface area contributed by atoms with E-state index in [1.165, 1.54) is 6.92 Å². The number of rotatable bonds is 3. The summed E-state index contributed by atoms with van der Waals surface area (Å²) in [6.45, 7) is 4.34. The molecular formula is C18H25N3O3. The maximum Gasteiger partial charge on any atom is 0.317 e. The zero-order chi connectivity index (χ0) is 16.9. The van der Waals surface area contributed by atoms with Gasteiger partial charge >= 0.3 is 6.03 Å². The first-order valence-corrected chi connectivity index (χ1v) is 8.65. The van der Waals surface area contributed by atoms with Gasteiger partial charge in [-0.2, -0.15) is 0 Å². The Labute approximate surface area is 142 Å². The number of likely N-dealkylation sites (tertiary alicyclic amines) is 1. The molecule has 6 heteroatoms. The number of hydrogen-bond donors (Lipinski definition) is 2. The number of nitrogens with one attached hydrogen (secondary N) is 2. The summed E-state index contributed by atoms with van der Waals surface area (Å²) in [6, 6.07) is 7.89. The highest BCUT2D eigenvalue weighted by Gasteiger charge is 2.27. The average molecular weight is 331 g/mol. The normalized spacial score (nSPS) is 20.7. The summed E-state index contributed by atoms with van der Waals surface area (Å²) in [5.74, 6) is 1.33. The van der Waals surface area contributed by atoms with Gasteiger partial charge in [-0.25, -0.2) is 4.79 Å². The predicted molar refractivity (Wildman–Crippen MR) is 90.8 cm³/mol. The first-order valence-electron chi connectivity index (χ1n) is 8.65. The molecule has 0 saturated carbocycles. The summed E-state index contributed by atoms with van der Waals surface area (Å²) in [4.78, 5) is 25.4. The van der Waals surface area contributed by atoms with Crippen LogP contribution in [0.2, 0.25) is 0 Å². The molecule has 1 unspecified atom stereocenters. The molecule has 3 amide bonds. The molecule has 6 nitrogen and oxygen atoms in total. The monoisotopic (exact) mass is 331 g/mol. The van der Waals surface area contributed by atoms with Crippen LogP contribution >= 0.6 is 0 Å². The molecule has 2 aliphatic rings. The van der Waals surface area contributed by atoms with Crippen molar-refractivity contribution >= 4 is 11.9 Å². The first kappa shape index (κ1) is 16.6. The van der Waals surface area contributed by atoms with Crippen LogP contribution in [0.5, 0.6) is 5.75 Å². The molecule has 2 aliphatic heterocycles. The Balaban J connectivity index is 1.51. The topological polar surface area (TPSA) is 70.7 Å². The van der Waals surface area contributed by atoms with Crippen LogP contribution in [0.25, 0.3) is 0 Å². The number of amides is 3. The molecular weight excluding hydrogens is 306 g/mol. The summed E-state index contributed by atoms with van der Waals surface area (Å²) in [5, 5.41) is 6.01. The number of piperidine rings is 1. The number of carbonyl (C=O) groups excluding carboxylic acids is 2. The van der Waals surface area contributed by atoms with Gasteiger partial charge in [0.1, 0.15) is 5.75 Å². The molecule has 24 heavy (non-hydrogen) atoms. The molecule has 0 bridgehead atoms.